The number of carbonyl (C=O) groups is 1. The van der Waals surface area contributed by atoms with Gasteiger partial charge in [-0.15, -0.1) is 0 Å². The highest BCUT2D eigenvalue weighted by Gasteiger charge is 2.32. The van der Waals surface area contributed by atoms with Gasteiger partial charge >= 0.3 is 5.97 Å². The second kappa shape index (κ2) is 5.62. The molecule has 0 saturated carbocycles. The Morgan fingerprint density at radius 1 is 1.35 bits per heavy atom. The van der Waals surface area contributed by atoms with Crippen molar-refractivity contribution < 1.29 is 23.4 Å². The predicted molar refractivity (Wildman–Crippen MR) is 58.8 cm³/mol. The lowest BCUT2D eigenvalue weighted by Gasteiger charge is -2.16. The van der Waals surface area contributed by atoms with E-state index in [2.05, 4.69) is 4.74 Å². The number of hydrogen-bond donors (Lipinski definition) is 1. The lowest BCUT2D eigenvalue weighted by molar-refractivity contribution is -0.147. The van der Waals surface area contributed by atoms with Crippen LogP contribution in [0.3, 0.4) is 0 Å². The molecule has 0 saturated heterocycles. The van der Waals surface area contributed by atoms with E-state index in [0.717, 1.165) is 12.1 Å². The van der Waals surface area contributed by atoms with Crippen molar-refractivity contribution in [3.05, 3.63) is 33.8 Å². The Balaban J connectivity index is 2.74. The van der Waals surface area contributed by atoms with Crippen molar-refractivity contribution in [3.8, 4) is 0 Å². The number of carboxylic acid groups (broad SMARTS) is 1. The van der Waals surface area contributed by atoms with Crippen LogP contribution in [0.15, 0.2) is 18.2 Å². The molecule has 0 atom stereocenters. The molecule has 0 aliphatic carbocycles. The van der Waals surface area contributed by atoms with Gasteiger partial charge in [0.25, 0.3) is 5.92 Å². The number of carboxylic acids is 1. The quantitative estimate of drug-likeness (QED) is 0.903. The average molecular weight is 285 g/mol. The predicted octanol–water partition coefficient (Wildman–Crippen LogP) is 3.19. The molecule has 3 nitrogen and oxygen atoms in total. The van der Waals surface area contributed by atoms with Crippen molar-refractivity contribution in [2.45, 2.75) is 5.92 Å². The molecule has 1 aromatic carbocycles. The molecular formula is C10H8Cl2F2O3. The van der Waals surface area contributed by atoms with E-state index in [1.54, 1.807) is 0 Å². The molecule has 0 unspecified atom stereocenters. The lowest BCUT2D eigenvalue weighted by atomic mass is 10.1. The van der Waals surface area contributed by atoms with Crippen LogP contribution >= 0.6 is 23.2 Å². The monoisotopic (exact) mass is 284 g/mol. The molecular weight excluding hydrogens is 277 g/mol. The van der Waals surface area contributed by atoms with E-state index >= 15 is 0 Å². The summed E-state index contributed by atoms with van der Waals surface area (Å²) >= 11 is 11.2. The van der Waals surface area contributed by atoms with Crippen LogP contribution in [-0.2, 0) is 15.5 Å². The minimum absolute atomic E-state index is 0.00192. The number of hydrogen-bond acceptors (Lipinski definition) is 2. The van der Waals surface area contributed by atoms with Gasteiger partial charge in [-0.25, -0.2) is 4.79 Å². The standard InChI is InChI=1S/C10H8Cl2F2O3/c11-7-2-1-6(3-8(7)12)10(13,14)5-17-4-9(15)16/h1-3H,4-5H2,(H,15,16). The summed E-state index contributed by atoms with van der Waals surface area (Å²) in [6.07, 6.45) is 0. The summed E-state index contributed by atoms with van der Waals surface area (Å²) in [5.74, 6) is -4.63. The molecule has 0 aliphatic heterocycles. The van der Waals surface area contributed by atoms with Crippen molar-refractivity contribution in [3.63, 3.8) is 0 Å². The largest absolute Gasteiger partial charge is 0.480 e. The van der Waals surface area contributed by atoms with Gasteiger partial charge in [0, 0.05) is 5.56 Å². The van der Waals surface area contributed by atoms with Crippen LogP contribution in [0.5, 0.6) is 0 Å². The minimum atomic E-state index is -3.32. The van der Waals surface area contributed by atoms with Gasteiger partial charge in [0.15, 0.2) is 0 Å². The Labute approximate surface area is 106 Å². The van der Waals surface area contributed by atoms with Gasteiger partial charge in [-0.05, 0) is 12.1 Å². The van der Waals surface area contributed by atoms with E-state index in [1.165, 1.54) is 6.07 Å². The molecule has 0 amide bonds. The van der Waals surface area contributed by atoms with Gasteiger partial charge in [0.05, 0.1) is 10.0 Å². The maximum absolute atomic E-state index is 13.5. The summed E-state index contributed by atoms with van der Waals surface area (Å²) < 4.78 is 31.4. The van der Waals surface area contributed by atoms with Gasteiger partial charge in [0.1, 0.15) is 13.2 Å². The van der Waals surface area contributed by atoms with Crippen molar-refractivity contribution in [1.29, 1.82) is 0 Å². The Morgan fingerprint density at radius 2 is 2.00 bits per heavy atom. The average Bonchev–Trinajstić information content (AvgIpc) is 2.21. The Bertz CT molecular complexity index is 424. The highest BCUT2D eigenvalue weighted by atomic mass is 35.5. The Hall–Kier alpha value is -0.910. The fourth-order valence-electron chi connectivity index (χ4n) is 1.07. The molecule has 94 valence electrons. The first-order valence-corrected chi connectivity index (χ1v) is 5.21. The van der Waals surface area contributed by atoms with E-state index in [1.807, 2.05) is 0 Å². The highest BCUT2D eigenvalue weighted by molar-refractivity contribution is 6.42. The summed E-state index contributed by atoms with van der Waals surface area (Å²) in [5.41, 5.74) is -0.378. The molecule has 0 fully saturated rings. The van der Waals surface area contributed by atoms with E-state index in [-0.39, 0.29) is 15.6 Å². The van der Waals surface area contributed by atoms with Gasteiger partial charge in [-0.2, -0.15) is 8.78 Å². The third kappa shape index (κ3) is 4.11. The normalized spacial score (nSPS) is 11.5. The number of halogens is 4. The van der Waals surface area contributed by atoms with Crippen LogP contribution in [0, 0.1) is 0 Å². The SMILES string of the molecule is O=C(O)COCC(F)(F)c1ccc(Cl)c(Cl)c1. The zero-order valence-electron chi connectivity index (χ0n) is 8.42. The maximum Gasteiger partial charge on any atom is 0.329 e. The molecule has 0 aromatic heterocycles. The summed E-state index contributed by atoms with van der Waals surface area (Å²) in [4.78, 5) is 10.1. The van der Waals surface area contributed by atoms with Crippen molar-refractivity contribution in [2.75, 3.05) is 13.2 Å². The van der Waals surface area contributed by atoms with Crippen molar-refractivity contribution in [1.82, 2.24) is 0 Å². The number of benzene rings is 1. The lowest BCUT2D eigenvalue weighted by Crippen LogP contribution is -2.23. The third-order valence-electron chi connectivity index (χ3n) is 1.85. The highest BCUT2D eigenvalue weighted by Crippen LogP contribution is 2.32. The molecule has 0 spiro atoms. The van der Waals surface area contributed by atoms with Crippen LogP contribution < -0.4 is 0 Å². The fourth-order valence-corrected chi connectivity index (χ4v) is 1.37. The second-order valence-electron chi connectivity index (χ2n) is 3.22. The maximum atomic E-state index is 13.5. The molecule has 1 aromatic rings. The molecule has 0 radical (unpaired) electrons. The molecule has 0 bridgehead atoms. The summed E-state index contributed by atoms with van der Waals surface area (Å²) in [6, 6.07) is 3.37. The van der Waals surface area contributed by atoms with E-state index in [9.17, 15) is 13.6 Å². The first kappa shape index (κ1) is 14.2. The van der Waals surface area contributed by atoms with Crippen LogP contribution in [0.4, 0.5) is 8.78 Å². The number of aliphatic carboxylic acids is 1. The Kier molecular flexibility index (Phi) is 4.68. The Morgan fingerprint density at radius 3 is 2.53 bits per heavy atom. The van der Waals surface area contributed by atoms with E-state index in [0.29, 0.717) is 0 Å². The molecule has 1 N–H and O–H groups in total. The minimum Gasteiger partial charge on any atom is -0.480 e. The number of ether oxygens (including phenoxy) is 1. The first-order chi connectivity index (χ1) is 7.83. The molecule has 0 heterocycles. The van der Waals surface area contributed by atoms with Crippen molar-refractivity contribution in [2.24, 2.45) is 0 Å². The smallest absolute Gasteiger partial charge is 0.329 e. The van der Waals surface area contributed by atoms with Crippen LogP contribution in [-0.4, -0.2) is 24.3 Å². The summed E-state index contributed by atoms with van der Waals surface area (Å²) in [6.45, 7) is -1.81. The van der Waals surface area contributed by atoms with Crippen LogP contribution in [0.1, 0.15) is 5.56 Å². The van der Waals surface area contributed by atoms with Gasteiger partial charge < -0.3 is 9.84 Å². The van der Waals surface area contributed by atoms with Gasteiger partial charge in [-0.3, -0.25) is 0 Å². The van der Waals surface area contributed by atoms with Crippen LogP contribution in [0.2, 0.25) is 10.0 Å². The topological polar surface area (TPSA) is 46.5 Å². The molecule has 0 aliphatic rings. The van der Waals surface area contributed by atoms with Crippen LogP contribution in [0.25, 0.3) is 0 Å². The zero-order valence-corrected chi connectivity index (χ0v) is 9.93. The van der Waals surface area contributed by atoms with E-state index in [4.69, 9.17) is 28.3 Å². The fraction of sp³-hybridized carbons (Fsp3) is 0.300. The van der Waals surface area contributed by atoms with Gasteiger partial charge in [-0.1, -0.05) is 29.3 Å². The second-order valence-corrected chi connectivity index (χ2v) is 4.03. The molecule has 1 rings (SSSR count). The molecule has 17 heavy (non-hydrogen) atoms. The first-order valence-electron chi connectivity index (χ1n) is 4.46. The van der Waals surface area contributed by atoms with E-state index < -0.39 is 25.1 Å². The summed E-state index contributed by atoms with van der Waals surface area (Å²) in [5, 5.41) is 8.42. The zero-order chi connectivity index (χ0) is 13.1. The summed E-state index contributed by atoms with van der Waals surface area (Å²) in [7, 11) is 0. The third-order valence-corrected chi connectivity index (χ3v) is 2.59. The van der Waals surface area contributed by atoms with Crippen molar-refractivity contribution >= 4 is 29.2 Å². The molecule has 7 heteroatoms. The number of alkyl halides is 2. The van der Waals surface area contributed by atoms with Gasteiger partial charge in [0.2, 0.25) is 0 Å². The number of rotatable bonds is 5.